The summed E-state index contributed by atoms with van der Waals surface area (Å²) in [5.41, 5.74) is 0. The Kier molecular flexibility index (Phi) is 70.7. The van der Waals surface area contributed by atoms with Crippen molar-refractivity contribution in [3.63, 3.8) is 0 Å². The molecule has 540 valence electrons. The van der Waals surface area contributed by atoms with Crippen molar-refractivity contribution in [2.45, 2.75) is 322 Å². The van der Waals surface area contributed by atoms with Gasteiger partial charge in [0.15, 0.2) is 12.4 Å². The average Bonchev–Trinajstić information content (AvgIpc) is 2.92. The minimum absolute atomic E-state index is 0.137. The van der Waals surface area contributed by atoms with E-state index in [0.717, 1.165) is 128 Å². The van der Waals surface area contributed by atoms with Crippen molar-refractivity contribution in [3.05, 3.63) is 158 Å². The number of aliphatic carboxylic acids is 1. The molecule has 0 spiro atoms. The number of ether oxygens (including phenoxy) is 4. The van der Waals surface area contributed by atoms with Crippen molar-refractivity contribution in [2.24, 2.45) is 0 Å². The number of unbranched alkanes of at least 4 members (excludes halogenated alkanes) is 29. The molecular weight excluding hydrogens is 1170 g/mol. The molecule has 0 aromatic rings. The second kappa shape index (κ2) is 74.7. The molecule has 0 bridgehead atoms. The lowest BCUT2D eigenvalue weighted by atomic mass is 10.0. The lowest BCUT2D eigenvalue weighted by Gasteiger charge is -2.26. The summed E-state index contributed by atoms with van der Waals surface area (Å²) >= 11 is 0. The Labute approximate surface area is 584 Å². The fraction of sp³-hybridized carbons (Fsp3) is 0.663. The smallest absolute Gasteiger partial charge is 0.306 e. The summed E-state index contributed by atoms with van der Waals surface area (Å²) in [7, 11) is 5.92. The molecule has 0 saturated heterocycles. The minimum atomic E-state index is -1.64. The lowest BCUT2D eigenvalue weighted by molar-refractivity contribution is -0.870. The van der Waals surface area contributed by atoms with E-state index in [0.29, 0.717) is 17.4 Å². The zero-order chi connectivity index (χ0) is 69.0. The third kappa shape index (κ3) is 76.1. The van der Waals surface area contributed by atoms with Crippen LogP contribution in [0.15, 0.2) is 158 Å². The summed E-state index contributed by atoms with van der Waals surface area (Å²) in [6.07, 6.45) is 108. The zero-order valence-electron chi connectivity index (χ0n) is 61.7. The Balaban J connectivity index is 4.16. The van der Waals surface area contributed by atoms with Gasteiger partial charge in [0, 0.05) is 12.8 Å². The van der Waals surface area contributed by atoms with E-state index in [9.17, 15) is 19.5 Å². The Morgan fingerprint density at radius 3 is 0.895 bits per heavy atom. The SMILES string of the molecule is CC/C=C\C/C=C\C/C=C\C/C=C\C/C=C\C/C=C\C/C=C\C/C=C\C/C=C\C/C=C\C/C=C\CCCCCCCC(=O)OC(COC(=O)CCCCCCCCCCCCCCCCCCCCC/C=C\C/C=C\CCCCCCC)COC(OCC[N+](C)(C)C)C(=O)[O-]. The van der Waals surface area contributed by atoms with Crippen LogP contribution in [-0.2, 0) is 33.3 Å². The van der Waals surface area contributed by atoms with Crippen molar-refractivity contribution < 1.29 is 42.9 Å². The average molecular weight is 1320 g/mol. The maximum absolute atomic E-state index is 13.0. The molecule has 0 aliphatic rings. The lowest BCUT2D eigenvalue weighted by Crippen LogP contribution is -2.44. The van der Waals surface area contributed by atoms with Gasteiger partial charge in [0.25, 0.3) is 0 Å². The van der Waals surface area contributed by atoms with E-state index in [-0.39, 0.29) is 38.6 Å². The topological polar surface area (TPSA) is 111 Å². The minimum Gasteiger partial charge on any atom is -0.545 e. The number of likely N-dealkylation sites (N-methyl/N-ethyl adjacent to an activating group) is 1. The summed E-state index contributed by atoms with van der Waals surface area (Å²) in [4.78, 5) is 37.6. The van der Waals surface area contributed by atoms with Gasteiger partial charge < -0.3 is 33.3 Å². The second-order valence-corrected chi connectivity index (χ2v) is 26.6. The zero-order valence-corrected chi connectivity index (χ0v) is 61.7. The molecule has 0 aliphatic carbocycles. The fourth-order valence-corrected chi connectivity index (χ4v) is 10.4. The van der Waals surface area contributed by atoms with E-state index < -0.39 is 24.3 Å². The maximum atomic E-state index is 13.0. The standard InChI is InChI=1S/C86H143NO8/c1-6-8-10-12-14-16-18-20-22-24-26-28-30-32-34-36-38-39-40-41-42-43-44-45-47-49-51-53-55-57-59-61-63-65-67-69-71-73-75-77-84(89)95-82(81-94-86(85(90)91)92-79-78-87(3,4)5)80-93-83(88)76-74-72-70-68-66-64-62-60-58-56-54-52-50-48-46-37-35-33-31-29-27-25-23-21-19-17-15-13-11-9-7-2/h8,10,14,16,19-22,25-28,32,34,38-39,41-42,44-45,49,51,55,57,61,63,82,86H,6-7,9,11-13,15,17-18,23-24,29-31,33,35-37,40,43,46-48,50,52-54,56,58-60,62,64-81H2,1-5H3/b10-8-,16-14-,21-19-,22-20-,27-25-,28-26-,34-32-,39-38-,42-41-,45-44-,51-49-,57-55-,63-61-. The molecule has 0 heterocycles. The van der Waals surface area contributed by atoms with Crippen molar-refractivity contribution >= 4 is 17.9 Å². The van der Waals surface area contributed by atoms with Gasteiger partial charge in [-0.25, -0.2) is 0 Å². The molecule has 0 fully saturated rings. The largest absolute Gasteiger partial charge is 0.545 e. The van der Waals surface area contributed by atoms with Crippen LogP contribution in [0, 0.1) is 0 Å². The molecular formula is C86H143NO8. The quantitative estimate of drug-likeness (QED) is 0.0195. The molecule has 9 nitrogen and oxygen atoms in total. The number of rotatable bonds is 70. The van der Waals surface area contributed by atoms with Crippen LogP contribution in [0.3, 0.4) is 0 Å². The van der Waals surface area contributed by atoms with Crippen LogP contribution in [0.2, 0.25) is 0 Å². The predicted molar refractivity (Wildman–Crippen MR) is 407 cm³/mol. The molecule has 0 radical (unpaired) electrons. The first-order valence-corrected chi connectivity index (χ1v) is 38.6. The molecule has 2 atom stereocenters. The van der Waals surface area contributed by atoms with Gasteiger partial charge in [0.1, 0.15) is 13.2 Å². The van der Waals surface area contributed by atoms with Gasteiger partial charge in [-0.3, -0.25) is 9.59 Å². The second-order valence-electron chi connectivity index (χ2n) is 26.6. The molecule has 95 heavy (non-hydrogen) atoms. The van der Waals surface area contributed by atoms with Crippen molar-refractivity contribution in [2.75, 3.05) is 47.5 Å². The van der Waals surface area contributed by atoms with Gasteiger partial charge in [0.05, 0.1) is 40.3 Å². The summed E-state index contributed by atoms with van der Waals surface area (Å²) in [5.74, 6) is -2.31. The van der Waals surface area contributed by atoms with Gasteiger partial charge in [0.2, 0.25) is 0 Å². The maximum Gasteiger partial charge on any atom is 0.306 e. The number of nitrogens with zero attached hydrogens (tertiary/aromatic N) is 1. The number of allylic oxidation sites excluding steroid dienone is 26. The van der Waals surface area contributed by atoms with E-state index in [1.807, 2.05) is 21.1 Å². The highest BCUT2D eigenvalue weighted by Crippen LogP contribution is 2.17. The molecule has 2 unspecified atom stereocenters. The van der Waals surface area contributed by atoms with Crippen LogP contribution in [0.4, 0.5) is 0 Å². The summed E-state index contributed by atoms with van der Waals surface area (Å²) in [6.45, 7) is 4.61. The molecule has 0 aromatic heterocycles. The Hall–Kier alpha value is -5.09. The van der Waals surface area contributed by atoms with Crippen molar-refractivity contribution in [1.29, 1.82) is 0 Å². The van der Waals surface area contributed by atoms with Crippen LogP contribution in [0.5, 0.6) is 0 Å². The van der Waals surface area contributed by atoms with E-state index in [1.165, 1.54) is 148 Å². The molecule has 0 aliphatic heterocycles. The number of carboxylic acids is 1. The Morgan fingerprint density at radius 1 is 0.326 bits per heavy atom. The van der Waals surface area contributed by atoms with E-state index in [1.54, 1.807) is 0 Å². The van der Waals surface area contributed by atoms with Gasteiger partial charge in [-0.2, -0.15) is 0 Å². The molecule has 0 amide bonds. The number of quaternary nitrogens is 1. The number of carbonyl (C=O) groups is 3. The van der Waals surface area contributed by atoms with Crippen LogP contribution in [-0.4, -0.2) is 82.3 Å². The normalized spacial score (nSPS) is 13.6. The van der Waals surface area contributed by atoms with Crippen LogP contribution in [0.25, 0.3) is 0 Å². The van der Waals surface area contributed by atoms with Crippen molar-refractivity contribution in [1.82, 2.24) is 0 Å². The number of hydrogen-bond donors (Lipinski definition) is 0. The fourth-order valence-electron chi connectivity index (χ4n) is 10.4. The van der Waals surface area contributed by atoms with Crippen LogP contribution in [0.1, 0.15) is 309 Å². The van der Waals surface area contributed by atoms with Gasteiger partial charge in [-0.15, -0.1) is 0 Å². The molecule has 0 saturated carbocycles. The number of esters is 2. The van der Waals surface area contributed by atoms with Gasteiger partial charge in [-0.05, 0) is 128 Å². The summed E-state index contributed by atoms with van der Waals surface area (Å²) < 4.78 is 22.8. The molecule has 0 aromatic carbocycles. The summed E-state index contributed by atoms with van der Waals surface area (Å²) in [6, 6.07) is 0. The number of carbonyl (C=O) groups excluding carboxylic acids is 3. The first kappa shape index (κ1) is 89.9. The third-order valence-corrected chi connectivity index (χ3v) is 16.3. The number of carboxylic acid groups (broad SMARTS) is 1. The van der Waals surface area contributed by atoms with E-state index in [4.69, 9.17) is 18.9 Å². The first-order chi connectivity index (χ1) is 46.6. The van der Waals surface area contributed by atoms with Gasteiger partial charge >= 0.3 is 11.9 Å². The predicted octanol–water partition coefficient (Wildman–Crippen LogP) is 23.5. The van der Waals surface area contributed by atoms with Crippen molar-refractivity contribution in [3.8, 4) is 0 Å². The molecule has 0 N–H and O–H groups in total. The highest BCUT2D eigenvalue weighted by molar-refractivity contribution is 5.70. The third-order valence-electron chi connectivity index (χ3n) is 16.3. The highest BCUT2D eigenvalue weighted by Gasteiger charge is 2.22. The Bertz CT molecular complexity index is 2130. The van der Waals surface area contributed by atoms with Crippen LogP contribution < -0.4 is 5.11 Å². The van der Waals surface area contributed by atoms with Gasteiger partial charge in [-0.1, -0.05) is 326 Å². The monoisotopic (exact) mass is 1320 g/mol. The number of hydrogen-bond acceptors (Lipinski definition) is 8. The van der Waals surface area contributed by atoms with Crippen LogP contribution >= 0.6 is 0 Å². The molecule has 0 rings (SSSR count). The Morgan fingerprint density at radius 2 is 0.600 bits per heavy atom. The van der Waals surface area contributed by atoms with E-state index >= 15 is 0 Å². The van der Waals surface area contributed by atoms with E-state index in [2.05, 4.69) is 172 Å². The molecule has 9 heteroatoms. The summed E-state index contributed by atoms with van der Waals surface area (Å²) in [5, 5.41) is 11.9. The highest BCUT2D eigenvalue weighted by atomic mass is 16.7. The first-order valence-electron chi connectivity index (χ1n) is 38.6.